The van der Waals surface area contributed by atoms with Crippen LogP contribution in [0, 0.1) is 0 Å². The number of carbonyl (C=O) groups excluding carboxylic acids is 1. The second kappa shape index (κ2) is 4.26. The summed E-state index contributed by atoms with van der Waals surface area (Å²) in [7, 11) is 0. The van der Waals surface area contributed by atoms with Gasteiger partial charge in [-0.3, -0.25) is 4.79 Å². The highest BCUT2D eigenvalue weighted by molar-refractivity contribution is 5.76. The van der Waals surface area contributed by atoms with Gasteiger partial charge in [0.1, 0.15) is 6.04 Å². The van der Waals surface area contributed by atoms with Crippen LogP contribution in [-0.4, -0.2) is 25.2 Å². The first kappa shape index (κ1) is 9.26. The van der Waals surface area contributed by atoms with Gasteiger partial charge in [0.15, 0.2) is 0 Å². The molecule has 1 heterocycles. The molecule has 1 aliphatic heterocycles. The largest absolute Gasteiger partial charge is 0.465 e. The van der Waals surface area contributed by atoms with Crippen molar-refractivity contribution < 1.29 is 9.53 Å². The van der Waals surface area contributed by atoms with Crippen molar-refractivity contribution in [3.05, 3.63) is 11.6 Å². The smallest absolute Gasteiger partial charge is 0.323 e. The Morgan fingerprint density at radius 3 is 3.17 bits per heavy atom. The van der Waals surface area contributed by atoms with Crippen LogP contribution in [0.25, 0.3) is 0 Å². The van der Waals surface area contributed by atoms with Gasteiger partial charge in [-0.2, -0.15) is 0 Å². The minimum atomic E-state index is -0.134. The van der Waals surface area contributed by atoms with Gasteiger partial charge in [0.2, 0.25) is 0 Å². The zero-order valence-corrected chi connectivity index (χ0v) is 7.59. The van der Waals surface area contributed by atoms with Crippen molar-refractivity contribution in [1.29, 1.82) is 0 Å². The third-order valence-corrected chi connectivity index (χ3v) is 1.91. The van der Waals surface area contributed by atoms with E-state index in [0.29, 0.717) is 6.61 Å². The van der Waals surface area contributed by atoms with E-state index in [-0.39, 0.29) is 12.0 Å². The molecule has 0 radical (unpaired) electrons. The Kier molecular flexibility index (Phi) is 3.29. The number of rotatable bonds is 2. The quantitative estimate of drug-likeness (QED) is 0.492. The van der Waals surface area contributed by atoms with Crippen LogP contribution in [0.3, 0.4) is 0 Å². The molecule has 3 heteroatoms. The van der Waals surface area contributed by atoms with Crippen molar-refractivity contribution in [3.8, 4) is 0 Å². The SMILES string of the molecule is CCOC(=O)[C@H]1CC(C)=CCN1. The van der Waals surface area contributed by atoms with Gasteiger partial charge in [0.05, 0.1) is 6.61 Å². The highest BCUT2D eigenvalue weighted by Crippen LogP contribution is 2.09. The molecule has 0 aliphatic carbocycles. The molecule has 3 nitrogen and oxygen atoms in total. The first-order valence-corrected chi connectivity index (χ1v) is 4.29. The summed E-state index contributed by atoms with van der Waals surface area (Å²) in [6, 6.07) is -0.130. The molecule has 1 aliphatic rings. The van der Waals surface area contributed by atoms with Gasteiger partial charge in [-0.1, -0.05) is 11.6 Å². The van der Waals surface area contributed by atoms with Crippen molar-refractivity contribution in [2.75, 3.05) is 13.2 Å². The van der Waals surface area contributed by atoms with E-state index in [9.17, 15) is 4.79 Å². The lowest BCUT2D eigenvalue weighted by Gasteiger charge is -2.20. The molecule has 0 fully saturated rings. The molecular formula is C9H15NO2. The van der Waals surface area contributed by atoms with Crippen LogP contribution in [0.1, 0.15) is 20.3 Å². The fourth-order valence-corrected chi connectivity index (χ4v) is 1.26. The average Bonchev–Trinajstić information content (AvgIpc) is 2.05. The molecule has 12 heavy (non-hydrogen) atoms. The lowest BCUT2D eigenvalue weighted by molar-refractivity contribution is -0.145. The van der Waals surface area contributed by atoms with Crippen molar-refractivity contribution >= 4 is 5.97 Å². The topological polar surface area (TPSA) is 38.3 Å². The molecule has 1 N–H and O–H groups in total. The highest BCUT2D eigenvalue weighted by Gasteiger charge is 2.21. The summed E-state index contributed by atoms with van der Waals surface area (Å²) in [6.07, 6.45) is 2.87. The predicted octanol–water partition coefficient (Wildman–Crippen LogP) is 0.858. The highest BCUT2D eigenvalue weighted by atomic mass is 16.5. The summed E-state index contributed by atoms with van der Waals surface area (Å²) in [5.41, 5.74) is 1.26. The van der Waals surface area contributed by atoms with Crippen molar-refractivity contribution in [2.45, 2.75) is 26.3 Å². The lowest BCUT2D eigenvalue weighted by atomic mass is 10.0. The van der Waals surface area contributed by atoms with Crippen LogP contribution in [0.4, 0.5) is 0 Å². The third kappa shape index (κ3) is 2.34. The van der Waals surface area contributed by atoms with E-state index in [0.717, 1.165) is 13.0 Å². The van der Waals surface area contributed by atoms with Crippen molar-refractivity contribution in [1.82, 2.24) is 5.32 Å². The van der Waals surface area contributed by atoms with E-state index >= 15 is 0 Å². The van der Waals surface area contributed by atoms with Crippen LogP contribution in [-0.2, 0) is 9.53 Å². The number of hydrogen-bond donors (Lipinski definition) is 1. The van der Waals surface area contributed by atoms with Gasteiger partial charge in [0, 0.05) is 6.54 Å². The molecule has 1 atom stereocenters. The number of hydrogen-bond acceptors (Lipinski definition) is 3. The molecule has 0 aromatic heterocycles. The van der Waals surface area contributed by atoms with Crippen LogP contribution >= 0.6 is 0 Å². The molecule has 0 spiro atoms. The van der Waals surface area contributed by atoms with Gasteiger partial charge >= 0.3 is 5.97 Å². The van der Waals surface area contributed by atoms with Gasteiger partial charge in [-0.15, -0.1) is 0 Å². The van der Waals surface area contributed by atoms with Gasteiger partial charge in [-0.05, 0) is 20.3 Å². The Morgan fingerprint density at radius 1 is 1.83 bits per heavy atom. The van der Waals surface area contributed by atoms with Crippen LogP contribution < -0.4 is 5.32 Å². The molecular weight excluding hydrogens is 154 g/mol. The van der Waals surface area contributed by atoms with Gasteiger partial charge < -0.3 is 10.1 Å². The monoisotopic (exact) mass is 169 g/mol. The Hall–Kier alpha value is -0.830. The zero-order chi connectivity index (χ0) is 8.97. The summed E-state index contributed by atoms with van der Waals surface area (Å²) in [5, 5.41) is 3.08. The Bertz CT molecular complexity index is 199. The van der Waals surface area contributed by atoms with E-state index in [1.807, 2.05) is 13.8 Å². The number of carbonyl (C=O) groups is 1. The molecule has 68 valence electrons. The van der Waals surface area contributed by atoms with E-state index < -0.39 is 0 Å². The summed E-state index contributed by atoms with van der Waals surface area (Å²) in [4.78, 5) is 11.2. The van der Waals surface area contributed by atoms with E-state index in [1.165, 1.54) is 5.57 Å². The molecule has 0 aromatic carbocycles. The average molecular weight is 169 g/mol. The van der Waals surface area contributed by atoms with Crippen molar-refractivity contribution in [2.24, 2.45) is 0 Å². The van der Waals surface area contributed by atoms with Gasteiger partial charge in [0.25, 0.3) is 0 Å². The number of ether oxygens (including phenoxy) is 1. The van der Waals surface area contributed by atoms with Crippen LogP contribution in [0.15, 0.2) is 11.6 Å². The number of esters is 1. The maximum absolute atomic E-state index is 11.2. The lowest BCUT2D eigenvalue weighted by Crippen LogP contribution is -2.40. The minimum absolute atomic E-state index is 0.130. The Labute approximate surface area is 72.8 Å². The predicted molar refractivity (Wildman–Crippen MR) is 46.8 cm³/mol. The first-order chi connectivity index (χ1) is 5.74. The standard InChI is InChI=1S/C9H15NO2/c1-3-12-9(11)8-6-7(2)4-5-10-8/h4,8,10H,3,5-6H2,1-2H3/t8-/m1/s1. The maximum atomic E-state index is 11.2. The second-order valence-electron chi connectivity index (χ2n) is 2.97. The van der Waals surface area contributed by atoms with Crippen LogP contribution in [0.5, 0.6) is 0 Å². The fraction of sp³-hybridized carbons (Fsp3) is 0.667. The summed E-state index contributed by atoms with van der Waals surface area (Å²) >= 11 is 0. The van der Waals surface area contributed by atoms with E-state index in [4.69, 9.17) is 4.74 Å². The number of nitrogens with one attached hydrogen (secondary N) is 1. The molecule has 0 unspecified atom stereocenters. The molecule has 0 aromatic rings. The Morgan fingerprint density at radius 2 is 2.58 bits per heavy atom. The Balaban J connectivity index is 2.43. The van der Waals surface area contributed by atoms with Crippen LogP contribution in [0.2, 0.25) is 0 Å². The van der Waals surface area contributed by atoms with E-state index in [2.05, 4.69) is 11.4 Å². The first-order valence-electron chi connectivity index (χ1n) is 4.29. The summed E-state index contributed by atoms with van der Waals surface area (Å²) in [6.45, 7) is 5.09. The molecule has 0 saturated heterocycles. The molecule has 1 rings (SSSR count). The van der Waals surface area contributed by atoms with Gasteiger partial charge in [-0.25, -0.2) is 0 Å². The summed E-state index contributed by atoms with van der Waals surface area (Å²) < 4.78 is 4.90. The van der Waals surface area contributed by atoms with E-state index in [1.54, 1.807) is 0 Å². The second-order valence-corrected chi connectivity index (χ2v) is 2.97. The molecule has 0 amide bonds. The summed E-state index contributed by atoms with van der Waals surface area (Å²) in [5.74, 6) is -0.134. The van der Waals surface area contributed by atoms with Crippen molar-refractivity contribution in [3.63, 3.8) is 0 Å². The normalized spacial score (nSPS) is 23.2. The fourth-order valence-electron chi connectivity index (χ4n) is 1.26. The molecule has 0 bridgehead atoms. The maximum Gasteiger partial charge on any atom is 0.323 e. The minimum Gasteiger partial charge on any atom is -0.465 e. The zero-order valence-electron chi connectivity index (χ0n) is 7.59. The molecule has 0 saturated carbocycles. The third-order valence-electron chi connectivity index (χ3n) is 1.91.